The van der Waals surface area contributed by atoms with Crippen LogP contribution in [0.15, 0.2) is 24.3 Å². The minimum Gasteiger partial charge on any atom is -0.368 e. The second-order valence-corrected chi connectivity index (χ2v) is 8.05. The van der Waals surface area contributed by atoms with Crippen LogP contribution in [0, 0.1) is 0 Å². The van der Waals surface area contributed by atoms with Crippen LogP contribution in [0.3, 0.4) is 0 Å². The Labute approximate surface area is 170 Å². The molecule has 2 heterocycles. The molecule has 2 N–H and O–H groups in total. The van der Waals surface area contributed by atoms with Crippen molar-refractivity contribution in [3.63, 3.8) is 0 Å². The van der Waals surface area contributed by atoms with Crippen LogP contribution in [0.1, 0.15) is 31.0 Å². The minimum absolute atomic E-state index is 0.233. The largest absolute Gasteiger partial charge is 0.368 e. The normalized spacial score (nSPS) is 18.6. The highest BCUT2D eigenvalue weighted by atomic mass is 35.5. The Balaban J connectivity index is 1.65. The van der Waals surface area contributed by atoms with E-state index in [2.05, 4.69) is 9.80 Å². The van der Waals surface area contributed by atoms with Crippen molar-refractivity contribution >= 4 is 23.3 Å². The second-order valence-electron chi connectivity index (χ2n) is 7.61. The van der Waals surface area contributed by atoms with Crippen molar-refractivity contribution in [2.45, 2.75) is 38.6 Å². The molecule has 2 aliphatic rings. The third kappa shape index (κ3) is 3.84. The molecule has 4 rings (SSSR count). The lowest BCUT2D eigenvalue weighted by molar-refractivity contribution is -0.122. The van der Waals surface area contributed by atoms with E-state index in [0.717, 1.165) is 56.2 Å². The van der Waals surface area contributed by atoms with Gasteiger partial charge in [0.25, 0.3) is 0 Å². The Bertz CT molecular complexity index is 879. The van der Waals surface area contributed by atoms with Gasteiger partial charge in [-0.3, -0.25) is 9.69 Å². The van der Waals surface area contributed by atoms with E-state index in [1.807, 2.05) is 31.2 Å². The first-order valence-electron chi connectivity index (χ1n) is 9.97. The van der Waals surface area contributed by atoms with Crippen molar-refractivity contribution in [2.75, 3.05) is 31.1 Å². The van der Waals surface area contributed by atoms with Gasteiger partial charge in [-0.05, 0) is 44.7 Å². The Morgan fingerprint density at radius 3 is 2.61 bits per heavy atom. The van der Waals surface area contributed by atoms with Crippen molar-refractivity contribution < 1.29 is 4.79 Å². The molecule has 2 aromatic rings. The molecule has 1 saturated heterocycles. The SMILES string of the molecule is CC(C(N)=O)N1CCN(c2nc(-c3cccc(Cl)c3)nc3c2CCCC3)CC1. The quantitative estimate of drug-likeness (QED) is 0.855. The number of amides is 1. The highest BCUT2D eigenvalue weighted by Gasteiger charge is 2.28. The zero-order valence-corrected chi connectivity index (χ0v) is 17.0. The summed E-state index contributed by atoms with van der Waals surface area (Å²) >= 11 is 6.19. The first-order chi connectivity index (χ1) is 13.5. The van der Waals surface area contributed by atoms with Crippen LogP contribution in [0.5, 0.6) is 0 Å². The molecular weight excluding hydrogens is 374 g/mol. The average molecular weight is 400 g/mol. The Kier molecular flexibility index (Phi) is 5.51. The number of primary amides is 1. The monoisotopic (exact) mass is 399 g/mol. The summed E-state index contributed by atoms with van der Waals surface area (Å²) in [5.74, 6) is 1.52. The van der Waals surface area contributed by atoms with Gasteiger partial charge in [-0.1, -0.05) is 23.7 Å². The summed E-state index contributed by atoms with van der Waals surface area (Å²) < 4.78 is 0. The first-order valence-corrected chi connectivity index (χ1v) is 10.3. The molecule has 1 aromatic carbocycles. The van der Waals surface area contributed by atoms with E-state index in [9.17, 15) is 4.79 Å². The molecule has 1 amide bonds. The highest BCUT2D eigenvalue weighted by Crippen LogP contribution is 2.32. The maximum Gasteiger partial charge on any atom is 0.234 e. The zero-order chi connectivity index (χ0) is 19.7. The smallest absolute Gasteiger partial charge is 0.234 e. The number of hydrogen-bond donors (Lipinski definition) is 1. The Hall–Kier alpha value is -2.18. The van der Waals surface area contributed by atoms with Crippen molar-refractivity contribution in [3.8, 4) is 11.4 Å². The first kappa shape index (κ1) is 19.2. The van der Waals surface area contributed by atoms with Crippen LogP contribution in [0.4, 0.5) is 5.82 Å². The van der Waals surface area contributed by atoms with Gasteiger partial charge in [0, 0.05) is 48.0 Å². The highest BCUT2D eigenvalue weighted by molar-refractivity contribution is 6.30. The van der Waals surface area contributed by atoms with E-state index in [1.165, 1.54) is 24.1 Å². The number of hydrogen-bond acceptors (Lipinski definition) is 5. The second kappa shape index (κ2) is 8.05. The third-order valence-corrected chi connectivity index (χ3v) is 6.05. The number of aromatic nitrogens is 2. The van der Waals surface area contributed by atoms with Crippen molar-refractivity contribution in [2.24, 2.45) is 5.73 Å². The molecule has 28 heavy (non-hydrogen) atoms. The van der Waals surface area contributed by atoms with Crippen LogP contribution < -0.4 is 10.6 Å². The van der Waals surface area contributed by atoms with Gasteiger partial charge in [0.2, 0.25) is 5.91 Å². The maximum atomic E-state index is 11.5. The fourth-order valence-electron chi connectivity index (χ4n) is 4.09. The number of carbonyl (C=O) groups excluding carboxylic acids is 1. The fraction of sp³-hybridized carbons (Fsp3) is 0.476. The summed E-state index contributed by atoms with van der Waals surface area (Å²) in [6, 6.07) is 7.49. The number of anilines is 1. The van der Waals surface area contributed by atoms with Crippen molar-refractivity contribution in [1.29, 1.82) is 0 Å². The maximum absolute atomic E-state index is 11.5. The van der Waals surface area contributed by atoms with E-state index >= 15 is 0 Å². The number of fused-ring (bicyclic) bond motifs is 1. The molecule has 148 valence electrons. The number of halogens is 1. The topological polar surface area (TPSA) is 75.4 Å². The zero-order valence-electron chi connectivity index (χ0n) is 16.2. The molecule has 7 heteroatoms. The molecule has 1 fully saturated rings. The van der Waals surface area contributed by atoms with Gasteiger partial charge in [-0.2, -0.15) is 0 Å². The lowest BCUT2D eigenvalue weighted by atomic mass is 9.95. The number of nitrogens with two attached hydrogens (primary N) is 1. The molecule has 1 atom stereocenters. The molecule has 0 radical (unpaired) electrons. The Morgan fingerprint density at radius 1 is 1.14 bits per heavy atom. The minimum atomic E-state index is -0.267. The lowest BCUT2D eigenvalue weighted by Crippen LogP contribution is -2.53. The standard InChI is InChI=1S/C21H26ClN5O/c1-14(19(23)28)26-9-11-27(12-10-26)21-17-7-2-3-8-18(17)24-20(25-21)15-5-4-6-16(22)13-15/h4-6,13-14H,2-3,7-12H2,1H3,(H2,23,28). The number of aryl methyl sites for hydroxylation is 1. The molecule has 1 unspecified atom stereocenters. The van der Waals surface area contributed by atoms with Crippen molar-refractivity contribution in [3.05, 3.63) is 40.5 Å². The van der Waals surface area contributed by atoms with Crippen LogP contribution in [-0.2, 0) is 17.6 Å². The average Bonchev–Trinajstić information content (AvgIpc) is 2.72. The van der Waals surface area contributed by atoms with Gasteiger partial charge in [-0.25, -0.2) is 9.97 Å². The molecule has 1 aliphatic heterocycles. The van der Waals surface area contributed by atoms with E-state index in [4.69, 9.17) is 27.3 Å². The van der Waals surface area contributed by atoms with E-state index in [-0.39, 0.29) is 11.9 Å². The van der Waals surface area contributed by atoms with E-state index in [1.54, 1.807) is 0 Å². The predicted octanol–water partition coefficient (Wildman–Crippen LogP) is 2.67. The molecule has 1 aliphatic carbocycles. The van der Waals surface area contributed by atoms with Gasteiger partial charge in [0.15, 0.2) is 5.82 Å². The van der Waals surface area contributed by atoms with Crippen LogP contribution in [0.25, 0.3) is 11.4 Å². The Morgan fingerprint density at radius 2 is 1.89 bits per heavy atom. The van der Waals surface area contributed by atoms with Crippen LogP contribution in [-0.4, -0.2) is 53.0 Å². The fourth-order valence-corrected chi connectivity index (χ4v) is 4.28. The van der Waals surface area contributed by atoms with Crippen LogP contribution >= 0.6 is 11.6 Å². The summed E-state index contributed by atoms with van der Waals surface area (Å²) in [4.78, 5) is 25.8. The third-order valence-electron chi connectivity index (χ3n) is 5.82. The summed E-state index contributed by atoms with van der Waals surface area (Å²) in [6.07, 6.45) is 4.37. The predicted molar refractivity (Wildman–Crippen MR) is 112 cm³/mol. The molecule has 0 spiro atoms. The summed E-state index contributed by atoms with van der Waals surface area (Å²) in [7, 11) is 0. The molecule has 0 saturated carbocycles. The molecule has 0 bridgehead atoms. The van der Waals surface area contributed by atoms with Gasteiger partial charge in [0.05, 0.1) is 6.04 Å². The molecular formula is C21H26ClN5O. The van der Waals surface area contributed by atoms with Gasteiger partial charge >= 0.3 is 0 Å². The number of benzene rings is 1. The van der Waals surface area contributed by atoms with Crippen LogP contribution in [0.2, 0.25) is 5.02 Å². The number of rotatable bonds is 4. The molecule has 6 nitrogen and oxygen atoms in total. The van der Waals surface area contributed by atoms with Gasteiger partial charge in [-0.15, -0.1) is 0 Å². The van der Waals surface area contributed by atoms with Gasteiger partial charge < -0.3 is 10.6 Å². The number of carbonyl (C=O) groups is 1. The van der Waals surface area contributed by atoms with E-state index in [0.29, 0.717) is 5.02 Å². The lowest BCUT2D eigenvalue weighted by Gasteiger charge is -2.38. The van der Waals surface area contributed by atoms with Crippen molar-refractivity contribution in [1.82, 2.24) is 14.9 Å². The number of nitrogens with zero attached hydrogens (tertiary/aromatic N) is 4. The van der Waals surface area contributed by atoms with E-state index < -0.39 is 0 Å². The van der Waals surface area contributed by atoms with Gasteiger partial charge in [0.1, 0.15) is 5.82 Å². The molecule has 1 aromatic heterocycles. The summed E-state index contributed by atoms with van der Waals surface area (Å²) in [5.41, 5.74) is 8.87. The summed E-state index contributed by atoms with van der Waals surface area (Å²) in [6.45, 7) is 5.14. The summed E-state index contributed by atoms with van der Waals surface area (Å²) in [5, 5.41) is 0.689. The number of piperazine rings is 1.